The van der Waals surface area contributed by atoms with Crippen LogP contribution < -0.4 is 0 Å². The minimum Gasteiger partial charge on any atom is -0.508 e. The molecule has 0 spiro atoms. The predicted octanol–water partition coefficient (Wildman–Crippen LogP) is 4.28. The number of rotatable bonds is 1. The summed E-state index contributed by atoms with van der Waals surface area (Å²) in [7, 11) is 0. The smallest absolute Gasteiger partial charge is 0.234 e. The van der Waals surface area contributed by atoms with Crippen molar-refractivity contribution in [2.75, 3.05) is 0 Å². The number of hydrogen-bond donors (Lipinski definition) is 1. The van der Waals surface area contributed by atoms with Crippen LogP contribution in [0.1, 0.15) is 65.9 Å². The molecule has 1 aromatic rings. The first-order chi connectivity index (χ1) is 16.6. The van der Waals surface area contributed by atoms with E-state index in [0.29, 0.717) is 23.4 Å². The summed E-state index contributed by atoms with van der Waals surface area (Å²) < 4.78 is 0. The number of imide groups is 2. The van der Waals surface area contributed by atoms with Crippen molar-refractivity contribution in [1.29, 1.82) is 0 Å². The van der Waals surface area contributed by atoms with Crippen molar-refractivity contribution in [2.24, 2.45) is 29.6 Å². The van der Waals surface area contributed by atoms with E-state index in [1.54, 1.807) is 6.07 Å². The van der Waals surface area contributed by atoms with E-state index in [2.05, 4.69) is 0 Å². The number of aromatic hydroxyl groups is 1. The second-order valence-corrected chi connectivity index (χ2v) is 13.0. The average Bonchev–Trinajstić information content (AvgIpc) is 3.16. The van der Waals surface area contributed by atoms with Crippen molar-refractivity contribution >= 4 is 35.2 Å². The number of fused-ring (bicyclic) bond motifs is 4. The molecule has 0 aromatic heterocycles. The van der Waals surface area contributed by atoms with E-state index in [4.69, 9.17) is 11.6 Å². The van der Waals surface area contributed by atoms with Crippen molar-refractivity contribution in [3.8, 4) is 5.75 Å². The van der Waals surface area contributed by atoms with Gasteiger partial charge >= 0.3 is 0 Å². The lowest BCUT2D eigenvalue weighted by molar-refractivity contribution is -0.147. The topological polar surface area (TPSA) is 95.0 Å². The Kier molecular flexibility index (Phi) is 5.49. The Morgan fingerprint density at radius 2 is 1.36 bits per heavy atom. The molecule has 1 N–H and O–H groups in total. The Hall–Kier alpha value is -2.67. The Labute approximate surface area is 216 Å². The molecular formula is C28H33ClN2O5. The predicted molar refractivity (Wildman–Crippen MR) is 134 cm³/mol. The average molecular weight is 513 g/mol. The molecule has 0 unspecified atom stereocenters. The first-order valence-electron chi connectivity index (χ1n) is 12.6. The molecule has 0 radical (unpaired) electrons. The summed E-state index contributed by atoms with van der Waals surface area (Å²) in [6.07, 6.45) is 2.76. The van der Waals surface area contributed by atoms with Gasteiger partial charge in [0, 0.05) is 22.0 Å². The summed E-state index contributed by atoms with van der Waals surface area (Å²) >= 11 is 6.61. The second-order valence-electron chi connectivity index (χ2n) is 12.6. The molecule has 1 aromatic carbocycles. The molecule has 7 nitrogen and oxygen atoms in total. The molecule has 4 aliphatic rings. The van der Waals surface area contributed by atoms with E-state index in [1.165, 1.54) is 21.9 Å². The fourth-order valence-electron chi connectivity index (χ4n) is 7.03. The third kappa shape index (κ3) is 3.46. The van der Waals surface area contributed by atoms with Crippen LogP contribution >= 0.6 is 11.6 Å². The van der Waals surface area contributed by atoms with Gasteiger partial charge in [0.1, 0.15) is 5.75 Å². The van der Waals surface area contributed by atoms with Crippen molar-refractivity contribution in [3.63, 3.8) is 0 Å². The highest BCUT2D eigenvalue weighted by Gasteiger charge is 2.63. The van der Waals surface area contributed by atoms with Gasteiger partial charge in [-0.25, -0.2) is 0 Å². The monoisotopic (exact) mass is 512 g/mol. The Morgan fingerprint density at radius 3 is 1.92 bits per heavy atom. The van der Waals surface area contributed by atoms with Crippen LogP contribution in [0.2, 0.25) is 5.02 Å². The van der Waals surface area contributed by atoms with Crippen LogP contribution in [0.3, 0.4) is 0 Å². The Balaban J connectivity index is 1.67. The van der Waals surface area contributed by atoms with Gasteiger partial charge in [-0.2, -0.15) is 0 Å². The van der Waals surface area contributed by atoms with Crippen molar-refractivity contribution in [1.82, 2.24) is 9.80 Å². The number of halogens is 1. The number of likely N-dealkylation sites (tertiary alicyclic amines) is 2. The lowest BCUT2D eigenvalue weighted by Gasteiger charge is -2.44. The van der Waals surface area contributed by atoms with Crippen molar-refractivity contribution in [2.45, 2.75) is 71.4 Å². The maximum absolute atomic E-state index is 13.8. The molecule has 2 aliphatic carbocycles. The number of allylic oxidation sites excluding steroid dienone is 2. The van der Waals surface area contributed by atoms with E-state index < -0.39 is 40.7 Å². The van der Waals surface area contributed by atoms with Gasteiger partial charge in [-0.15, -0.1) is 0 Å². The molecule has 6 atom stereocenters. The van der Waals surface area contributed by atoms with E-state index >= 15 is 0 Å². The molecule has 192 valence electrons. The number of nitrogens with zero attached hydrogens (tertiary/aromatic N) is 2. The summed E-state index contributed by atoms with van der Waals surface area (Å²) in [5.74, 6) is -3.99. The molecule has 2 heterocycles. The molecule has 2 aliphatic heterocycles. The maximum atomic E-state index is 13.8. The number of amides is 4. The van der Waals surface area contributed by atoms with Crippen LogP contribution in [0.25, 0.3) is 0 Å². The van der Waals surface area contributed by atoms with E-state index in [0.717, 1.165) is 5.57 Å². The van der Waals surface area contributed by atoms with Crippen LogP contribution in [0.4, 0.5) is 0 Å². The number of carbonyl (C=O) groups is 4. The van der Waals surface area contributed by atoms with Gasteiger partial charge in [-0.1, -0.05) is 29.3 Å². The maximum Gasteiger partial charge on any atom is 0.234 e. The van der Waals surface area contributed by atoms with E-state index in [1.807, 2.05) is 47.6 Å². The molecular weight excluding hydrogens is 480 g/mol. The molecule has 36 heavy (non-hydrogen) atoms. The number of carbonyl (C=O) groups excluding carboxylic acids is 4. The summed E-state index contributed by atoms with van der Waals surface area (Å²) in [6, 6.07) is 4.67. The van der Waals surface area contributed by atoms with Crippen LogP contribution in [0.15, 0.2) is 29.8 Å². The molecule has 5 rings (SSSR count). The Morgan fingerprint density at radius 1 is 0.806 bits per heavy atom. The minimum atomic E-state index is -0.695. The number of phenols is 1. The number of hydrogen-bond acceptors (Lipinski definition) is 5. The first kappa shape index (κ1) is 25.0. The van der Waals surface area contributed by atoms with E-state index in [9.17, 15) is 24.3 Å². The van der Waals surface area contributed by atoms with Gasteiger partial charge in [0.15, 0.2) is 0 Å². The zero-order chi connectivity index (χ0) is 26.5. The summed E-state index contributed by atoms with van der Waals surface area (Å²) in [5, 5.41) is 10.3. The van der Waals surface area contributed by atoms with Crippen LogP contribution in [-0.4, -0.2) is 49.6 Å². The van der Waals surface area contributed by atoms with Gasteiger partial charge < -0.3 is 5.11 Å². The normalized spacial score (nSPS) is 32.5. The zero-order valence-corrected chi connectivity index (χ0v) is 22.3. The summed E-state index contributed by atoms with van der Waals surface area (Å²) in [6.45, 7) is 11.1. The SMILES string of the molecule is CC(C)(C)N1C(=O)[C@H]2[C@H](CC=C3[C@H]2C[C@H]2C(=O)N(C(C)(C)C)C(=O)[C@H]2[C@H]3c2ccc(O)cc2Cl)C1=O. The van der Waals surface area contributed by atoms with Gasteiger partial charge in [0.25, 0.3) is 0 Å². The quantitative estimate of drug-likeness (QED) is 0.447. The van der Waals surface area contributed by atoms with Crippen molar-refractivity contribution < 1.29 is 24.3 Å². The van der Waals surface area contributed by atoms with Gasteiger partial charge in [-0.05, 0) is 78.0 Å². The van der Waals surface area contributed by atoms with E-state index in [-0.39, 0.29) is 35.3 Å². The first-order valence-corrected chi connectivity index (χ1v) is 13.0. The molecule has 1 saturated carbocycles. The number of phenolic OH excluding ortho intramolecular Hbond substituents is 1. The second kappa shape index (κ2) is 7.91. The van der Waals surface area contributed by atoms with Crippen molar-refractivity contribution in [3.05, 3.63) is 40.4 Å². The van der Waals surface area contributed by atoms with Gasteiger partial charge in [-0.3, -0.25) is 29.0 Å². The third-order valence-corrected chi connectivity index (χ3v) is 8.64. The highest BCUT2D eigenvalue weighted by Crippen LogP contribution is 2.59. The molecule has 3 fully saturated rings. The lowest BCUT2D eigenvalue weighted by Crippen LogP contribution is -2.47. The molecule has 8 heteroatoms. The van der Waals surface area contributed by atoms with Gasteiger partial charge in [0.2, 0.25) is 23.6 Å². The fraction of sp³-hybridized carbons (Fsp3) is 0.571. The highest BCUT2D eigenvalue weighted by atomic mass is 35.5. The number of benzene rings is 1. The van der Waals surface area contributed by atoms with Crippen LogP contribution in [0, 0.1) is 29.6 Å². The summed E-state index contributed by atoms with van der Waals surface area (Å²) in [5.41, 5.74) is 0.211. The zero-order valence-electron chi connectivity index (χ0n) is 21.5. The minimum absolute atomic E-state index is 0.00729. The molecule has 2 saturated heterocycles. The third-order valence-electron chi connectivity index (χ3n) is 8.31. The highest BCUT2D eigenvalue weighted by molar-refractivity contribution is 6.31. The largest absolute Gasteiger partial charge is 0.508 e. The van der Waals surface area contributed by atoms with Crippen LogP contribution in [-0.2, 0) is 19.2 Å². The Bertz CT molecular complexity index is 1220. The standard InChI is InChI=1S/C28H33ClN2O5/c1-27(2,3)30-23(33)16-10-9-14-17(21(16)25(30)35)12-18-22(26(36)31(24(18)34)28(4,5)6)20(14)15-8-7-13(32)11-19(15)29/h7-9,11,16-18,20-22,32H,10,12H2,1-6H3/t16-,17+,18+,20+,21-,22+/m0/s1. The van der Waals surface area contributed by atoms with Gasteiger partial charge in [0.05, 0.1) is 23.7 Å². The molecule has 0 bridgehead atoms. The molecule has 4 amide bonds. The fourth-order valence-corrected chi connectivity index (χ4v) is 7.32. The van der Waals surface area contributed by atoms with Crippen LogP contribution in [0.5, 0.6) is 5.75 Å². The summed E-state index contributed by atoms with van der Waals surface area (Å²) in [4.78, 5) is 57.3. The lowest BCUT2D eigenvalue weighted by atomic mass is 9.57.